The van der Waals surface area contributed by atoms with E-state index >= 15 is 0 Å². The summed E-state index contributed by atoms with van der Waals surface area (Å²) in [5.41, 5.74) is 11.6. The summed E-state index contributed by atoms with van der Waals surface area (Å²) in [6.45, 7) is -9.55. The Kier molecular flexibility index (Phi) is 7.84. The molecular weight excluding hydrogens is 678 g/mol. The van der Waals surface area contributed by atoms with Crippen molar-refractivity contribution in [1.29, 1.82) is 0 Å². The third-order valence-electron chi connectivity index (χ3n) is 7.62. The van der Waals surface area contributed by atoms with Crippen molar-refractivity contribution in [3.8, 4) is 0 Å². The lowest BCUT2D eigenvalue weighted by atomic mass is 10.1. The molecule has 3 saturated heterocycles. The zero-order valence-electron chi connectivity index (χ0n) is 22.7. The highest BCUT2D eigenvalue weighted by Gasteiger charge is 2.52. The second-order valence-electron chi connectivity index (χ2n) is 10.4. The third-order valence-corrected chi connectivity index (χ3v) is 10.8. The van der Waals surface area contributed by atoms with Gasteiger partial charge in [0.15, 0.2) is 18.1 Å². The Morgan fingerprint density at radius 1 is 0.956 bits per heavy atom. The van der Waals surface area contributed by atoms with Gasteiger partial charge in [0.1, 0.15) is 54.4 Å². The van der Waals surface area contributed by atoms with Gasteiger partial charge in [-0.05, 0) is 23.9 Å². The van der Waals surface area contributed by atoms with Crippen LogP contribution in [-0.2, 0) is 43.9 Å². The number of aromatic amines is 1. The first-order chi connectivity index (χ1) is 21.3. The number of fused-ring (bicyclic) bond motifs is 5. The second-order valence-corrected chi connectivity index (χ2v) is 16.1. The molecule has 0 spiro atoms. The predicted molar refractivity (Wildman–Crippen MR) is 161 cm³/mol. The molecule has 0 saturated carbocycles. The number of aromatic nitrogens is 6. The van der Waals surface area contributed by atoms with Gasteiger partial charge in [0, 0.05) is 12.4 Å². The quantitative estimate of drug-likeness (QED) is 0.106. The number of anilines is 2. The van der Waals surface area contributed by atoms with E-state index < -0.39 is 81.4 Å². The number of hydrogen-bond donors (Lipinski definition) is 7. The minimum atomic E-state index is -4.33. The van der Waals surface area contributed by atoms with Crippen molar-refractivity contribution < 1.29 is 47.2 Å². The molecule has 3 aliphatic rings. The summed E-state index contributed by atoms with van der Waals surface area (Å²) in [4.78, 5) is 38.1. The Morgan fingerprint density at radius 2 is 1.64 bits per heavy atom. The minimum Gasteiger partial charge on any atom is -0.387 e. The van der Waals surface area contributed by atoms with Crippen LogP contribution in [0.2, 0.25) is 0 Å². The summed E-state index contributed by atoms with van der Waals surface area (Å²) in [5.74, 6) is 0.0272. The SMILES string of the molecule is Nc1nc2c(ccn2[C@@H]2O[C@@H]3COP(O)(=S)OC4[C@@H](COP(=O)(S)OC2C3O)O[C@@H](n2ccc3c(N)ncnc32)[C@H]4O)c(=O)[nH]1. The maximum Gasteiger partial charge on any atom is 0.386 e. The highest BCUT2D eigenvalue weighted by molar-refractivity contribution is 8.44. The van der Waals surface area contributed by atoms with Gasteiger partial charge in [-0.1, -0.05) is 12.2 Å². The first-order valence-corrected chi connectivity index (χ1v) is 18.5. The number of ether oxygens (including phenoxy) is 2. The third kappa shape index (κ3) is 5.61. The molecule has 3 fully saturated rings. The number of nitrogens with one attached hydrogen (secondary N) is 1. The fourth-order valence-electron chi connectivity index (χ4n) is 5.57. The van der Waals surface area contributed by atoms with Crippen molar-refractivity contribution in [2.75, 3.05) is 24.7 Å². The zero-order chi connectivity index (χ0) is 31.8. The molecule has 3 aliphatic heterocycles. The molecule has 5 unspecified atom stereocenters. The molecule has 19 nitrogen and oxygen atoms in total. The number of aliphatic hydroxyl groups excluding tert-OH is 2. The fourth-order valence-corrected chi connectivity index (χ4v) is 8.48. The number of hydrogen-bond acceptors (Lipinski definition) is 16. The summed E-state index contributed by atoms with van der Waals surface area (Å²) < 4.78 is 51.0. The number of nitrogen functional groups attached to an aromatic ring is 2. The van der Waals surface area contributed by atoms with E-state index in [2.05, 4.69) is 32.2 Å². The molecule has 0 radical (unpaired) electrons. The van der Waals surface area contributed by atoms with Gasteiger partial charge in [0.05, 0.1) is 24.0 Å². The summed E-state index contributed by atoms with van der Waals surface area (Å²) in [6.07, 6.45) is -6.33. The van der Waals surface area contributed by atoms with Crippen molar-refractivity contribution in [3.05, 3.63) is 41.2 Å². The van der Waals surface area contributed by atoms with Crippen LogP contribution >= 0.6 is 25.8 Å². The van der Waals surface area contributed by atoms with Gasteiger partial charge in [0.25, 0.3) is 5.56 Å². The molecule has 2 bridgehead atoms. The van der Waals surface area contributed by atoms with Gasteiger partial charge in [-0.15, -0.1) is 0 Å². The standard InChI is InChI=1S/C22H26N8O11P2S2/c23-16-8-1-3-29(17(8)26-7-25-16)20-13(32)14-11(39-20)6-37-43(35,45)41-15-12(31)10(5-36-42(34,44)40-14)38-21(15)30-4-2-9-18(30)27-22(24)28-19(9)33/h1-4,7,10-15,20-21,31-32H,5-6H2,(H,34,44)(H,35,45)(H2,23,25,26)(H3,24,27,28,33)/t10-,11-,12?,13+,14?,15?,20-,21-,42?,43?/m1/s1. The van der Waals surface area contributed by atoms with Crippen LogP contribution in [0.15, 0.2) is 35.6 Å². The second kappa shape index (κ2) is 11.3. The molecule has 8 N–H and O–H groups in total. The van der Waals surface area contributed by atoms with E-state index in [1.54, 1.807) is 12.3 Å². The van der Waals surface area contributed by atoms with E-state index in [1.165, 1.54) is 27.7 Å². The maximum atomic E-state index is 13.6. The van der Waals surface area contributed by atoms with E-state index in [9.17, 15) is 24.5 Å². The van der Waals surface area contributed by atoms with E-state index in [4.69, 9.17) is 50.8 Å². The molecule has 0 amide bonds. The molecular formula is C22H26N8O11P2S2. The molecule has 10 atom stereocenters. The molecule has 0 aliphatic carbocycles. The van der Waals surface area contributed by atoms with Gasteiger partial charge in [-0.25, -0.2) is 14.5 Å². The van der Waals surface area contributed by atoms with Gasteiger partial charge in [0.2, 0.25) is 5.95 Å². The summed E-state index contributed by atoms with van der Waals surface area (Å²) >= 11 is 9.34. The number of nitrogens with two attached hydrogens (primary N) is 2. The van der Waals surface area contributed by atoms with Crippen molar-refractivity contribution in [2.24, 2.45) is 0 Å². The Morgan fingerprint density at radius 3 is 2.42 bits per heavy atom. The van der Waals surface area contributed by atoms with Crippen LogP contribution in [0.25, 0.3) is 22.1 Å². The predicted octanol–water partition coefficient (Wildman–Crippen LogP) is -0.0776. The van der Waals surface area contributed by atoms with Crippen LogP contribution in [-0.4, -0.2) is 94.0 Å². The Bertz CT molecular complexity index is 1940. The van der Waals surface area contributed by atoms with Gasteiger partial charge >= 0.3 is 13.5 Å². The van der Waals surface area contributed by atoms with Crippen LogP contribution in [0.3, 0.4) is 0 Å². The molecule has 242 valence electrons. The molecule has 45 heavy (non-hydrogen) atoms. The molecule has 23 heteroatoms. The van der Waals surface area contributed by atoms with E-state index in [-0.39, 0.29) is 22.8 Å². The van der Waals surface area contributed by atoms with Crippen molar-refractivity contribution in [2.45, 2.75) is 49.1 Å². The van der Waals surface area contributed by atoms with Crippen LogP contribution in [0.1, 0.15) is 12.5 Å². The van der Waals surface area contributed by atoms with Crippen LogP contribution in [0.5, 0.6) is 0 Å². The normalized spacial score (nSPS) is 37.7. The van der Waals surface area contributed by atoms with E-state index in [0.29, 0.717) is 11.0 Å². The largest absolute Gasteiger partial charge is 0.387 e. The molecule has 4 aromatic rings. The minimum absolute atomic E-state index is 0.0852. The Labute approximate surface area is 262 Å². The smallest absolute Gasteiger partial charge is 0.386 e. The summed E-state index contributed by atoms with van der Waals surface area (Å²) in [6, 6.07) is 3.08. The van der Waals surface area contributed by atoms with E-state index in [1.807, 2.05) is 0 Å². The highest BCUT2D eigenvalue weighted by Crippen LogP contribution is 2.58. The molecule has 0 aromatic carbocycles. The Hall–Kier alpha value is -2.49. The highest BCUT2D eigenvalue weighted by atomic mass is 32.7. The van der Waals surface area contributed by atoms with Gasteiger partial charge in [-0.3, -0.25) is 23.3 Å². The molecule has 7 rings (SSSR count). The Balaban J connectivity index is 1.21. The van der Waals surface area contributed by atoms with Crippen molar-refractivity contribution in [3.63, 3.8) is 0 Å². The van der Waals surface area contributed by atoms with Crippen molar-refractivity contribution >= 4 is 71.4 Å². The first kappa shape index (κ1) is 31.1. The average molecular weight is 705 g/mol. The number of rotatable bonds is 2. The summed E-state index contributed by atoms with van der Waals surface area (Å²) in [5, 5.41) is 23.1. The number of nitrogens with zero attached hydrogens (tertiary/aromatic N) is 5. The lowest BCUT2D eigenvalue weighted by Gasteiger charge is -2.27. The maximum absolute atomic E-state index is 13.6. The van der Waals surface area contributed by atoms with Crippen LogP contribution in [0, 0.1) is 0 Å². The van der Waals surface area contributed by atoms with Crippen LogP contribution < -0.4 is 17.0 Å². The first-order valence-electron chi connectivity index (χ1n) is 13.2. The van der Waals surface area contributed by atoms with Crippen LogP contribution in [0.4, 0.5) is 11.8 Å². The number of thiol groups is 1. The molecule has 4 aromatic heterocycles. The fraction of sp³-hybridized carbons (Fsp3) is 0.455. The monoisotopic (exact) mass is 704 g/mol. The van der Waals surface area contributed by atoms with E-state index in [0.717, 1.165) is 0 Å². The molecule has 7 heterocycles. The topological polar surface area (TPSA) is 267 Å². The number of aliphatic hydroxyl groups is 2. The van der Waals surface area contributed by atoms with Gasteiger partial charge in [-0.2, -0.15) is 4.98 Å². The lowest BCUT2D eigenvalue weighted by Crippen LogP contribution is -2.36. The average Bonchev–Trinajstić information content (AvgIpc) is 3.72. The lowest BCUT2D eigenvalue weighted by molar-refractivity contribution is -0.0586. The van der Waals surface area contributed by atoms with Crippen molar-refractivity contribution in [1.82, 2.24) is 29.1 Å². The van der Waals surface area contributed by atoms with Gasteiger partial charge < -0.3 is 49.7 Å². The zero-order valence-corrected chi connectivity index (χ0v) is 26.2. The summed E-state index contributed by atoms with van der Waals surface area (Å²) in [7, 11) is 0. The number of H-pyrrole nitrogens is 1.